The van der Waals surface area contributed by atoms with Crippen LogP contribution in [0.4, 0.5) is 22.7 Å². The molecule has 0 bridgehead atoms. The molecule has 2 saturated heterocycles. The highest BCUT2D eigenvalue weighted by Crippen LogP contribution is 2.33. The van der Waals surface area contributed by atoms with Gasteiger partial charge in [-0.15, -0.1) is 0 Å². The smallest absolute Gasteiger partial charge is 0.271 e. The van der Waals surface area contributed by atoms with Crippen molar-refractivity contribution in [3.05, 3.63) is 67.8 Å². The molecule has 11 heteroatoms. The number of carbonyl (C=O) groups is 1. The van der Waals surface area contributed by atoms with Gasteiger partial charge in [0.25, 0.3) is 11.4 Å². The van der Waals surface area contributed by atoms with E-state index in [-0.39, 0.29) is 17.2 Å². The van der Waals surface area contributed by atoms with Crippen LogP contribution in [-0.4, -0.2) is 91.9 Å². The van der Waals surface area contributed by atoms with Crippen LogP contribution in [0, 0.1) is 20.2 Å². The van der Waals surface area contributed by atoms with E-state index in [0.717, 1.165) is 26.2 Å². The summed E-state index contributed by atoms with van der Waals surface area (Å²) in [5.41, 5.74) is 1.62. The first-order valence-corrected chi connectivity index (χ1v) is 11.2. The second-order valence-corrected chi connectivity index (χ2v) is 8.83. The lowest BCUT2D eigenvalue weighted by Gasteiger charge is -2.36. The number of likely N-dealkylation sites (N-methyl/N-ethyl adjacent to an activating group) is 2. The van der Waals surface area contributed by atoms with Gasteiger partial charge in [-0.3, -0.25) is 25.0 Å². The average molecular weight is 469 g/mol. The number of carbonyl (C=O) groups excluding carboxylic acids is 1. The molecule has 34 heavy (non-hydrogen) atoms. The SMILES string of the molecule is CN1CCN(c2cc([N+](=O)[O-])ccc2C(=O)c2ccc([N+](=O)[O-])cc2N2CCN(C)CC2)CC1. The van der Waals surface area contributed by atoms with Gasteiger partial charge in [-0.05, 0) is 26.2 Å². The summed E-state index contributed by atoms with van der Waals surface area (Å²) in [6.45, 7) is 5.68. The van der Waals surface area contributed by atoms with Crippen LogP contribution >= 0.6 is 0 Å². The number of nitrogens with zero attached hydrogens (tertiary/aromatic N) is 6. The van der Waals surface area contributed by atoms with E-state index < -0.39 is 9.85 Å². The van der Waals surface area contributed by atoms with Gasteiger partial charge in [0, 0.05) is 87.8 Å². The maximum absolute atomic E-state index is 13.9. The molecule has 2 fully saturated rings. The summed E-state index contributed by atoms with van der Waals surface area (Å²) < 4.78 is 0. The molecule has 0 amide bonds. The van der Waals surface area contributed by atoms with E-state index >= 15 is 0 Å². The zero-order chi connectivity index (χ0) is 24.4. The van der Waals surface area contributed by atoms with Crippen LogP contribution in [-0.2, 0) is 0 Å². The number of nitro benzene ring substituents is 2. The van der Waals surface area contributed by atoms with Crippen molar-refractivity contribution in [3.8, 4) is 0 Å². The number of hydrogen-bond donors (Lipinski definition) is 0. The third kappa shape index (κ3) is 4.85. The molecule has 2 aromatic rings. The lowest BCUT2D eigenvalue weighted by atomic mass is 9.97. The normalized spacial score (nSPS) is 17.6. The minimum atomic E-state index is -0.463. The quantitative estimate of drug-likeness (QED) is 0.357. The van der Waals surface area contributed by atoms with Crippen molar-refractivity contribution in [1.82, 2.24) is 9.80 Å². The lowest BCUT2D eigenvalue weighted by molar-refractivity contribution is -0.385. The molecule has 0 radical (unpaired) electrons. The summed E-state index contributed by atoms with van der Waals surface area (Å²) >= 11 is 0. The van der Waals surface area contributed by atoms with Crippen LogP contribution in [0.3, 0.4) is 0 Å². The number of non-ortho nitro benzene ring substituents is 2. The molecule has 4 rings (SSSR count). The Hall–Kier alpha value is -3.57. The Morgan fingerprint density at radius 1 is 0.676 bits per heavy atom. The predicted molar refractivity (Wildman–Crippen MR) is 129 cm³/mol. The molecule has 0 atom stereocenters. The van der Waals surface area contributed by atoms with E-state index in [1.165, 1.54) is 36.4 Å². The average Bonchev–Trinajstić information content (AvgIpc) is 2.84. The van der Waals surface area contributed by atoms with Gasteiger partial charge in [0.15, 0.2) is 5.78 Å². The Bertz CT molecular complexity index is 1020. The third-order valence-corrected chi connectivity index (χ3v) is 6.56. The number of anilines is 2. The zero-order valence-corrected chi connectivity index (χ0v) is 19.3. The van der Waals surface area contributed by atoms with Crippen LogP contribution in [0.15, 0.2) is 36.4 Å². The summed E-state index contributed by atoms with van der Waals surface area (Å²) in [5, 5.41) is 22.9. The second kappa shape index (κ2) is 9.74. The minimum absolute atomic E-state index is 0.0755. The van der Waals surface area contributed by atoms with E-state index in [4.69, 9.17) is 0 Å². The Balaban J connectivity index is 1.77. The van der Waals surface area contributed by atoms with Gasteiger partial charge in [-0.25, -0.2) is 0 Å². The molecular formula is C23H28N6O5. The van der Waals surface area contributed by atoms with Gasteiger partial charge in [0.05, 0.1) is 21.2 Å². The minimum Gasteiger partial charge on any atom is -0.368 e. The highest BCUT2D eigenvalue weighted by atomic mass is 16.6. The Labute approximate surface area is 197 Å². The van der Waals surface area contributed by atoms with E-state index in [9.17, 15) is 25.0 Å². The van der Waals surface area contributed by atoms with Crippen molar-refractivity contribution < 1.29 is 14.6 Å². The monoisotopic (exact) mass is 468 g/mol. The van der Waals surface area contributed by atoms with Crippen molar-refractivity contribution in [3.63, 3.8) is 0 Å². The number of ketones is 1. The molecule has 2 aliphatic heterocycles. The van der Waals surface area contributed by atoms with Gasteiger partial charge < -0.3 is 19.6 Å². The fourth-order valence-electron chi connectivity index (χ4n) is 4.41. The van der Waals surface area contributed by atoms with Crippen molar-refractivity contribution >= 4 is 28.5 Å². The fourth-order valence-corrected chi connectivity index (χ4v) is 4.41. The third-order valence-electron chi connectivity index (χ3n) is 6.56. The summed E-state index contributed by atoms with van der Waals surface area (Å²) in [6.07, 6.45) is 0. The lowest BCUT2D eigenvalue weighted by Crippen LogP contribution is -2.45. The van der Waals surface area contributed by atoms with Crippen molar-refractivity contribution in [2.24, 2.45) is 0 Å². The Kier molecular flexibility index (Phi) is 6.75. The fraction of sp³-hybridized carbons (Fsp3) is 0.435. The molecule has 0 N–H and O–H groups in total. The standard InChI is InChI=1S/C23H28N6O5/c1-24-7-11-26(12-8-24)21-15-17(28(31)32)3-5-19(21)23(30)20-6-4-18(29(33)34)16-22(20)27-13-9-25(2)10-14-27/h3-6,15-16H,7-14H2,1-2H3. The molecule has 0 saturated carbocycles. The molecule has 180 valence electrons. The number of rotatable bonds is 6. The van der Waals surface area contributed by atoms with Crippen LogP contribution in [0.25, 0.3) is 0 Å². The topological polar surface area (TPSA) is 116 Å². The second-order valence-electron chi connectivity index (χ2n) is 8.83. The highest BCUT2D eigenvalue weighted by molar-refractivity contribution is 6.15. The number of benzene rings is 2. The molecule has 11 nitrogen and oxygen atoms in total. The maximum Gasteiger partial charge on any atom is 0.271 e. The van der Waals surface area contributed by atoms with Gasteiger partial charge in [-0.2, -0.15) is 0 Å². The Morgan fingerprint density at radius 2 is 1.03 bits per heavy atom. The van der Waals surface area contributed by atoms with Crippen LogP contribution in [0.5, 0.6) is 0 Å². The first-order valence-electron chi connectivity index (χ1n) is 11.2. The summed E-state index contributed by atoms with van der Waals surface area (Å²) in [7, 11) is 4.02. The largest absolute Gasteiger partial charge is 0.368 e. The first-order chi connectivity index (χ1) is 16.2. The summed E-state index contributed by atoms with van der Waals surface area (Å²) in [5.74, 6) is -0.298. The molecular weight excluding hydrogens is 440 g/mol. The Morgan fingerprint density at radius 3 is 1.35 bits per heavy atom. The van der Waals surface area contributed by atoms with Gasteiger partial charge >= 0.3 is 0 Å². The molecule has 0 aromatic heterocycles. The highest BCUT2D eigenvalue weighted by Gasteiger charge is 2.28. The number of hydrogen-bond acceptors (Lipinski definition) is 9. The van der Waals surface area contributed by atoms with Gasteiger partial charge in [0.2, 0.25) is 0 Å². The van der Waals surface area contributed by atoms with Gasteiger partial charge in [-0.1, -0.05) is 0 Å². The first kappa shape index (κ1) is 23.6. The van der Waals surface area contributed by atoms with Crippen molar-refractivity contribution in [2.45, 2.75) is 0 Å². The van der Waals surface area contributed by atoms with Crippen molar-refractivity contribution in [1.29, 1.82) is 0 Å². The maximum atomic E-state index is 13.9. The zero-order valence-electron chi connectivity index (χ0n) is 19.3. The summed E-state index contributed by atoms with van der Waals surface area (Å²) in [6, 6.07) is 8.60. The van der Waals surface area contributed by atoms with E-state index in [1.54, 1.807) is 0 Å². The molecule has 2 heterocycles. The van der Waals surface area contributed by atoms with Crippen LogP contribution < -0.4 is 9.80 Å². The van der Waals surface area contributed by atoms with Crippen molar-refractivity contribution in [2.75, 3.05) is 76.3 Å². The van der Waals surface area contributed by atoms with E-state index in [1.807, 2.05) is 23.9 Å². The molecule has 2 aromatic carbocycles. The summed E-state index contributed by atoms with van der Waals surface area (Å²) in [4.78, 5) is 44.1. The number of nitro groups is 2. The van der Waals surface area contributed by atoms with Gasteiger partial charge in [0.1, 0.15) is 0 Å². The van der Waals surface area contributed by atoms with E-state index in [0.29, 0.717) is 48.7 Å². The molecule has 2 aliphatic rings. The molecule has 0 unspecified atom stereocenters. The van der Waals surface area contributed by atoms with Crippen LogP contribution in [0.2, 0.25) is 0 Å². The predicted octanol–water partition coefficient (Wildman–Crippen LogP) is 2.24. The van der Waals surface area contributed by atoms with Crippen LogP contribution in [0.1, 0.15) is 15.9 Å². The van der Waals surface area contributed by atoms with E-state index in [2.05, 4.69) is 9.80 Å². The molecule has 0 spiro atoms. The molecule has 0 aliphatic carbocycles. The number of piperazine rings is 2.